The van der Waals surface area contributed by atoms with Gasteiger partial charge in [0.2, 0.25) is 0 Å². The van der Waals surface area contributed by atoms with Gasteiger partial charge in [0, 0.05) is 0 Å². The van der Waals surface area contributed by atoms with E-state index in [-0.39, 0.29) is 0 Å². The second kappa shape index (κ2) is 8.87. The van der Waals surface area contributed by atoms with Crippen molar-refractivity contribution in [2.24, 2.45) is 0 Å². The van der Waals surface area contributed by atoms with Gasteiger partial charge in [-0.3, -0.25) is 0 Å². The summed E-state index contributed by atoms with van der Waals surface area (Å²) in [5, 5.41) is 0. The minimum absolute atomic E-state index is 0.300. The first-order valence-electron chi connectivity index (χ1n) is 7.70. The molecule has 2 heteroatoms. The molecule has 0 aliphatic rings. The van der Waals surface area contributed by atoms with Gasteiger partial charge in [-0.05, 0) is 0 Å². The van der Waals surface area contributed by atoms with Crippen molar-refractivity contribution in [1.29, 1.82) is 0 Å². The van der Waals surface area contributed by atoms with Gasteiger partial charge in [0.25, 0.3) is 0 Å². The third-order valence-corrected chi connectivity index (χ3v) is 5.62. The van der Waals surface area contributed by atoms with E-state index in [1.807, 2.05) is 0 Å². The van der Waals surface area contributed by atoms with Crippen molar-refractivity contribution in [3.05, 3.63) is 55.6 Å². The fourth-order valence-electron chi connectivity index (χ4n) is 2.81. The second-order valence-electron chi connectivity index (χ2n) is 6.25. The van der Waals surface area contributed by atoms with Crippen LogP contribution in [0.4, 0.5) is 0 Å². The predicted octanol–water partition coefficient (Wildman–Crippen LogP) is 5.77. The number of hydrogen-bond donors (Lipinski definition) is 0. The summed E-state index contributed by atoms with van der Waals surface area (Å²) in [6.07, 6.45) is 0. The normalized spacial score (nSPS) is 9.82. The maximum atomic E-state index is 8.34. The van der Waals surface area contributed by atoms with Gasteiger partial charge >= 0.3 is 27.5 Å². The summed E-state index contributed by atoms with van der Waals surface area (Å²) in [5.74, 6) is 0. The topological polar surface area (TPSA) is 17.1 Å². The molecular formula is C20H30OZr. The van der Waals surface area contributed by atoms with Gasteiger partial charge < -0.3 is 0 Å². The second-order valence-corrected chi connectivity index (χ2v) is 6.25. The summed E-state index contributed by atoms with van der Waals surface area (Å²) < 4.78 is 8.34. The van der Waals surface area contributed by atoms with Crippen LogP contribution in [0.15, 0.2) is 0 Å². The molecule has 0 saturated carbocycles. The van der Waals surface area contributed by atoms with Crippen LogP contribution in [0.1, 0.15) is 55.6 Å². The fraction of sp³-hybridized carbons (Fsp3) is 0.500. The monoisotopic (exact) mass is 376 g/mol. The molecular weight excluding hydrogens is 347 g/mol. The molecule has 2 aromatic rings. The average Bonchev–Trinajstić information content (AvgIpc) is 2.81. The number of rotatable bonds is 0. The van der Waals surface area contributed by atoms with Crippen LogP contribution in [0.25, 0.3) is 0 Å². The van der Waals surface area contributed by atoms with E-state index in [4.69, 9.17) is 2.81 Å². The van der Waals surface area contributed by atoms with Crippen LogP contribution in [-0.2, 0) is 27.5 Å². The minimum atomic E-state index is 0.300. The molecule has 0 spiro atoms. The van der Waals surface area contributed by atoms with E-state index in [9.17, 15) is 0 Å². The summed E-state index contributed by atoms with van der Waals surface area (Å²) in [6, 6.07) is 0. The molecule has 0 aliphatic heterocycles. The van der Waals surface area contributed by atoms with Crippen molar-refractivity contribution >= 4 is 0 Å². The van der Waals surface area contributed by atoms with Gasteiger partial charge in [-0.2, -0.15) is 55.6 Å². The van der Waals surface area contributed by atoms with Crippen LogP contribution in [0.2, 0.25) is 0 Å². The SMILES string of the molecule is Cc1c(C)c(C)[c-](C)c1C.Cc1c(C)c(C)[c-](C)c1C.[O]=[Zr+2]. The molecule has 0 heterocycles. The van der Waals surface area contributed by atoms with Crippen LogP contribution in [0.3, 0.4) is 0 Å². The molecule has 2 aromatic carbocycles. The molecule has 0 bridgehead atoms. The zero-order valence-electron chi connectivity index (χ0n) is 15.9. The molecule has 0 amide bonds. The molecule has 0 saturated heterocycles. The van der Waals surface area contributed by atoms with Crippen LogP contribution >= 0.6 is 0 Å². The third kappa shape index (κ3) is 4.22. The molecule has 0 unspecified atom stereocenters. The Bertz CT molecular complexity index is 425. The molecule has 0 aromatic heterocycles. The van der Waals surface area contributed by atoms with E-state index in [1.165, 1.54) is 55.6 Å². The van der Waals surface area contributed by atoms with Gasteiger partial charge in [0.15, 0.2) is 0 Å². The van der Waals surface area contributed by atoms with Gasteiger partial charge in [-0.25, -0.2) is 0 Å². The van der Waals surface area contributed by atoms with Gasteiger partial charge in [0.1, 0.15) is 0 Å². The van der Waals surface area contributed by atoms with Crippen LogP contribution in [-0.4, -0.2) is 0 Å². The molecule has 120 valence electrons. The van der Waals surface area contributed by atoms with E-state index >= 15 is 0 Å². The quantitative estimate of drug-likeness (QED) is 0.532. The fourth-order valence-corrected chi connectivity index (χ4v) is 2.81. The summed E-state index contributed by atoms with van der Waals surface area (Å²) in [5.41, 5.74) is 14.7. The van der Waals surface area contributed by atoms with E-state index < -0.39 is 0 Å². The Hall–Kier alpha value is -0.617. The van der Waals surface area contributed by atoms with Gasteiger partial charge in [0.05, 0.1) is 0 Å². The summed E-state index contributed by atoms with van der Waals surface area (Å²) in [7, 11) is 0. The van der Waals surface area contributed by atoms with Crippen LogP contribution < -0.4 is 0 Å². The summed E-state index contributed by atoms with van der Waals surface area (Å²) in [6.45, 7) is 22.0. The van der Waals surface area contributed by atoms with E-state index in [2.05, 4.69) is 69.2 Å². The summed E-state index contributed by atoms with van der Waals surface area (Å²) in [4.78, 5) is 0. The molecule has 0 aliphatic carbocycles. The Morgan fingerprint density at radius 3 is 0.682 bits per heavy atom. The maximum absolute atomic E-state index is 8.34. The Morgan fingerprint density at radius 1 is 0.500 bits per heavy atom. The van der Waals surface area contributed by atoms with E-state index in [1.54, 1.807) is 0 Å². The predicted molar refractivity (Wildman–Crippen MR) is 92.1 cm³/mol. The standard InChI is InChI=1S/2C10H15.O.Zr/c2*1-6-7(2)9(4)10(5)8(6)3;;/h2*1-5H3;;/q2*-1;;+2. The van der Waals surface area contributed by atoms with Crippen molar-refractivity contribution in [3.63, 3.8) is 0 Å². The molecule has 0 atom stereocenters. The van der Waals surface area contributed by atoms with Crippen molar-refractivity contribution in [2.75, 3.05) is 0 Å². The Labute approximate surface area is 152 Å². The molecule has 22 heavy (non-hydrogen) atoms. The van der Waals surface area contributed by atoms with E-state index in [0.717, 1.165) is 0 Å². The zero-order chi connectivity index (χ0) is 17.8. The molecule has 0 radical (unpaired) electrons. The van der Waals surface area contributed by atoms with Crippen molar-refractivity contribution in [2.45, 2.75) is 69.2 Å². The molecule has 2 rings (SSSR count). The Morgan fingerprint density at radius 2 is 0.636 bits per heavy atom. The van der Waals surface area contributed by atoms with Crippen molar-refractivity contribution in [3.8, 4) is 0 Å². The zero-order valence-corrected chi connectivity index (χ0v) is 18.4. The van der Waals surface area contributed by atoms with E-state index in [0.29, 0.717) is 24.7 Å². The molecule has 0 fully saturated rings. The first-order valence-corrected chi connectivity index (χ1v) is 8.71. The first kappa shape index (κ1) is 21.4. The van der Waals surface area contributed by atoms with Crippen LogP contribution in [0, 0.1) is 69.2 Å². The third-order valence-electron chi connectivity index (χ3n) is 5.62. The molecule has 0 N–H and O–H groups in total. The first-order chi connectivity index (χ1) is 10.1. The van der Waals surface area contributed by atoms with Crippen molar-refractivity contribution < 1.29 is 27.5 Å². The van der Waals surface area contributed by atoms with Gasteiger partial charge in [-0.1, -0.05) is 69.2 Å². The van der Waals surface area contributed by atoms with Crippen LogP contribution in [0.5, 0.6) is 0 Å². The number of hydrogen-bond acceptors (Lipinski definition) is 1. The van der Waals surface area contributed by atoms with Crippen molar-refractivity contribution in [1.82, 2.24) is 0 Å². The average molecular weight is 378 g/mol. The molecule has 1 nitrogen and oxygen atoms in total. The summed E-state index contributed by atoms with van der Waals surface area (Å²) >= 11 is 0.300. The van der Waals surface area contributed by atoms with Gasteiger partial charge in [-0.15, -0.1) is 0 Å². The Kier molecular flexibility index (Phi) is 8.62. The Balaban J connectivity index is 0.000000360.